The van der Waals surface area contributed by atoms with E-state index in [1.807, 2.05) is 6.20 Å². The van der Waals surface area contributed by atoms with Gasteiger partial charge in [-0.1, -0.05) is 12.8 Å². The molecule has 23 heavy (non-hydrogen) atoms. The molecule has 0 unspecified atom stereocenters. The third kappa shape index (κ3) is 2.62. The Hall–Kier alpha value is -2.26. The summed E-state index contributed by atoms with van der Waals surface area (Å²) in [5.41, 5.74) is 6.85. The number of hydrazine groups is 1. The number of anilines is 1. The lowest BCUT2D eigenvalue weighted by Crippen LogP contribution is -2.42. The molecule has 3 heterocycles. The molecule has 120 valence electrons. The quantitative estimate of drug-likeness (QED) is 0.797. The fourth-order valence-electron chi connectivity index (χ4n) is 3.99. The largest absolute Gasteiger partial charge is 0.352 e. The van der Waals surface area contributed by atoms with Crippen molar-refractivity contribution in [2.45, 2.75) is 38.1 Å². The van der Waals surface area contributed by atoms with Gasteiger partial charge in [-0.2, -0.15) is 5.26 Å². The minimum absolute atomic E-state index is 0.271. The Morgan fingerprint density at radius 2 is 2.26 bits per heavy atom. The predicted molar refractivity (Wildman–Crippen MR) is 89.7 cm³/mol. The van der Waals surface area contributed by atoms with Gasteiger partial charge in [0.15, 0.2) is 0 Å². The van der Waals surface area contributed by atoms with E-state index >= 15 is 0 Å². The van der Waals surface area contributed by atoms with Crippen molar-refractivity contribution in [1.82, 2.24) is 15.4 Å². The molecule has 1 aliphatic carbocycles. The maximum atomic E-state index is 9.21. The van der Waals surface area contributed by atoms with Crippen LogP contribution in [0.4, 0.5) is 5.82 Å². The summed E-state index contributed by atoms with van der Waals surface area (Å²) in [5, 5.41) is 14.6. The number of nitrogens with zero attached hydrogens (tertiary/aromatic N) is 3. The number of hydrogen-bond donors (Lipinski definition) is 3. The summed E-state index contributed by atoms with van der Waals surface area (Å²) >= 11 is 0. The average Bonchev–Trinajstić information content (AvgIpc) is 3.32. The normalized spacial score (nSPS) is 22.1. The number of nitriles is 1. The second kappa shape index (κ2) is 6.09. The fourth-order valence-corrected chi connectivity index (χ4v) is 3.99. The average molecular weight is 310 g/mol. The van der Waals surface area contributed by atoms with Crippen LogP contribution in [0.15, 0.2) is 29.0 Å². The van der Waals surface area contributed by atoms with Crippen LogP contribution in [0.1, 0.15) is 37.7 Å². The molecule has 0 spiro atoms. The first-order valence-electron chi connectivity index (χ1n) is 8.43. The van der Waals surface area contributed by atoms with E-state index in [-0.39, 0.29) is 6.04 Å². The van der Waals surface area contributed by atoms with Gasteiger partial charge in [-0.3, -0.25) is 4.99 Å². The van der Waals surface area contributed by atoms with Crippen LogP contribution in [0.25, 0.3) is 0 Å². The van der Waals surface area contributed by atoms with E-state index in [9.17, 15) is 5.26 Å². The molecular weight excluding hydrogens is 288 g/mol. The molecule has 2 aliphatic heterocycles. The number of fused-ring (bicyclic) bond motifs is 1. The molecular formula is C17H22N6. The molecule has 0 bridgehead atoms. The summed E-state index contributed by atoms with van der Waals surface area (Å²) in [4.78, 5) is 7.86. The monoisotopic (exact) mass is 310 g/mol. The summed E-state index contributed by atoms with van der Waals surface area (Å²) < 4.78 is 0. The van der Waals surface area contributed by atoms with Crippen LogP contribution in [0, 0.1) is 17.2 Å². The zero-order chi connectivity index (χ0) is 15.6. The SMILES string of the molecule is N#CC[C@H](C1CCCC1)N1C=C(C2=NCNc3[nH]ccc32)CN1. The number of hydrogen-bond acceptors (Lipinski definition) is 5. The Labute approximate surface area is 136 Å². The Kier molecular flexibility index (Phi) is 3.80. The first-order valence-corrected chi connectivity index (χ1v) is 8.43. The lowest BCUT2D eigenvalue weighted by Gasteiger charge is -2.30. The number of nitrogens with one attached hydrogen (secondary N) is 3. The zero-order valence-corrected chi connectivity index (χ0v) is 13.2. The highest BCUT2D eigenvalue weighted by atomic mass is 15.5. The van der Waals surface area contributed by atoms with Gasteiger partial charge in [-0.25, -0.2) is 5.43 Å². The molecule has 0 amide bonds. The molecule has 0 radical (unpaired) electrons. The van der Waals surface area contributed by atoms with Gasteiger partial charge in [0.25, 0.3) is 0 Å². The maximum absolute atomic E-state index is 9.21. The van der Waals surface area contributed by atoms with Crippen LogP contribution >= 0.6 is 0 Å². The van der Waals surface area contributed by atoms with Crippen molar-refractivity contribution in [3.63, 3.8) is 0 Å². The molecule has 6 heteroatoms. The highest BCUT2D eigenvalue weighted by molar-refractivity contribution is 6.16. The minimum Gasteiger partial charge on any atom is -0.352 e. The number of rotatable bonds is 4. The Morgan fingerprint density at radius 3 is 3.09 bits per heavy atom. The molecule has 0 saturated heterocycles. The summed E-state index contributed by atoms with van der Waals surface area (Å²) in [6.45, 7) is 1.38. The second-order valence-electron chi connectivity index (χ2n) is 6.48. The Morgan fingerprint density at radius 1 is 1.39 bits per heavy atom. The molecule has 1 atom stereocenters. The van der Waals surface area contributed by atoms with E-state index in [4.69, 9.17) is 0 Å². The molecule has 1 saturated carbocycles. The topological polar surface area (TPSA) is 79.2 Å². The molecule has 6 nitrogen and oxygen atoms in total. The Bertz CT molecular complexity index is 674. The maximum Gasteiger partial charge on any atom is 0.114 e. The minimum atomic E-state index is 0.271. The summed E-state index contributed by atoms with van der Waals surface area (Å²) in [6.07, 6.45) is 9.74. The third-order valence-electron chi connectivity index (χ3n) is 5.15. The molecule has 3 aliphatic rings. The van der Waals surface area contributed by atoms with Gasteiger partial charge in [-0.05, 0) is 24.8 Å². The predicted octanol–water partition coefficient (Wildman–Crippen LogP) is 2.36. The van der Waals surface area contributed by atoms with E-state index in [1.165, 1.54) is 31.3 Å². The van der Waals surface area contributed by atoms with Gasteiger partial charge in [0, 0.05) is 30.1 Å². The second-order valence-corrected chi connectivity index (χ2v) is 6.48. The Balaban J connectivity index is 1.57. The zero-order valence-electron chi connectivity index (χ0n) is 13.2. The summed E-state index contributed by atoms with van der Waals surface area (Å²) in [5.74, 6) is 1.66. The van der Waals surface area contributed by atoms with Crippen LogP contribution in [0.3, 0.4) is 0 Å². The number of aliphatic imine (C=N–C) groups is 1. The van der Waals surface area contributed by atoms with E-state index in [0.717, 1.165) is 23.6 Å². The molecule has 3 N–H and O–H groups in total. The van der Waals surface area contributed by atoms with Crippen LogP contribution in [-0.4, -0.2) is 35.0 Å². The van der Waals surface area contributed by atoms with E-state index in [2.05, 4.69) is 44.1 Å². The molecule has 1 fully saturated rings. The van der Waals surface area contributed by atoms with Crippen molar-refractivity contribution in [3.8, 4) is 6.07 Å². The van der Waals surface area contributed by atoms with Crippen molar-refractivity contribution in [1.29, 1.82) is 5.26 Å². The summed E-state index contributed by atoms with van der Waals surface area (Å²) in [6, 6.07) is 4.71. The van der Waals surface area contributed by atoms with Crippen molar-refractivity contribution < 1.29 is 0 Å². The standard InChI is InChI=1S/C17H22N6/c18-7-5-15(12-3-1-2-4-12)23-10-13(9-22-23)16-14-6-8-19-17(14)21-11-20-16/h6,8,10,12,15,19,21-22H,1-5,9,11H2/t15-/m1/s1. The molecule has 4 rings (SSSR count). The van der Waals surface area contributed by atoms with E-state index < -0.39 is 0 Å². The van der Waals surface area contributed by atoms with Crippen molar-refractivity contribution in [2.24, 2.45) is 10.9 Å². The molecule has 1 aromatic rings. The van der Waals surface area contributed by atoms with Gasteiger partial charge in [0.2, 0.25) is 0 Å². The third-order valence-corrected chi connectivity index (χ3v) is 5.15. The number of H-pyrrole nitrogens is 1. The fraction of sp³-hybridized carbons (Fsp3) is 0.529. The van der Waals surface area contributed by atoms with Gasteiger partial charge >= 0.3 is 0 Å². The lowest BCUT2D eigenvalue weighted by atomic mass is 9.95. The van der Waals surface area contributed by atoms with E-state index in [1.54, 1.807) is 0 Å². The smallest absolute Gasteiger partial charge is 0.114 e. The van der Waals surface area contributed by atoms with E-state index in [0.29, 0.717) is 19.0 Å². The van der Waals surface area contributed by atoms with Crippen LogP contribution in [-0.2, 0) is 0 Å². The highest BCUT2D eigenvalue weighted by Gasteiger charge is 2.32. The first-order chi connectivity index (χ1) is 11.4. The molecule has 1 aromatic heterocycles. The van der Waals surface area contributed by atoms with Gasteiger partial charge < -0.3 is 15.3 Å². The summed E-state index contributed by atoms with van der Waals surface area (Å²) in [7, 11) is 0. The molecule has 0 aromatic carbocycles. The van der Waals surface area contributed by atoms with Crippen LogP contribution in [0.5, 0.6) is 0 Å². The van der Waals surface area contributed by atoms with Crippen molar-refractivity contribution >= 4 is 11.5 Å². The van der Waals surface area contributed by atoms with Gasteiger partial charge in [0.05, 0.1) is 24.2 Å². The van der Waals surface area contributed by atoms with Gasteiger partial charge in [0.1, 0.15) is 12.5 Å². The van der Waals surface area contributed by atoms with Crippen molar-refractivity contribution in [2.75, 3.05) is 18.5 Å². The van der Waals surface area contributed by atoms with Gasteiger partial charge in [-0.15, -0.1) is 0 Å². The van der Waals surface area contributed by atoms with Crippen LogP contribution < -0.4 is 10.7 Å². The highest BCUT2D eigenvalue weighted by Crippen LogP contribution is 2.33. The number of aromatic nitrogens is 1. The first kappa shape index (κ1) is 14.3. The van der Waals surface area contributed by atoms with Crippen LogP contribution in [0.2, 0.25) is 0 Å². The van der Waals surface area contributed by atoms with Crippen molar-refractivity contribution in [3.05, 3.63) is 29.6 Å². The lowest BCUT2D eigenvalue weighted by molar-refractivity contribution is 0.163. The number of aromatic amines is 1.